The van der Waals surface area contributed by atoms with Crippen molar-refractivity contribution < 1.29 is 14.3 Å². The number of nitrogens with zero attached hydrogens (tertiary/aromatic N) is 2. The first-order valence-electron chi connectivity index (χ1n) is 7.90. The smallest absolute Gasteiger partial charge is 0.349 e. The fourth-order valence-corrected chi connectivity index (χ4v) is 3.70. The molecule has 0 aromatic carbocycles. The zero-order chi connectivity index (χ0) is 19.7. The normalized spacial score (nSPS) is 12.0. The molecule has 0 saturated heterocycles. The number of pyridine rings is 1. The summed E-state index contributed by atoms with van der Waals surface area (Å²) < 4.78 is 5.25. The van der Waals surface area contributed by atoms with Crippen LogP contribution in [0, 0.1) is 13.8 Å². The number of anilines is 1. The molecule has 0 spiro atoms. The number of carbonyl (C=O) groups is 2. The number of aryl methyl sites for hydroxylation is 2. The maximum Gasteiger partial charge on any atom is 0.349 e. The summed E-state index contributed by atoms with van der Waals surface area (Å²) in [7, 11) is 0. The lowest BCUT2D eigenvalue weighted by atomic mass is 10.2. The lowest BCUT2D eigenvalue weighted by molar-refractivity contribution is -0.123. The van der Waals surface area contributed by atoms with Crippen LogP contribution >= 0.6 is 22.9 Å². The molecule has 0 aliphatic heterocycles. The van der Waals surface area contributed by atoms with Crippen LogP contribution in [0.2, 0.25) is 5.15 Å². The SMILES string of the molecule is Cc1nc2sc(C(=O)O[C@@H](C)C(=O)Nc3cccnc3Cl)c(C)c2c(=O)[nH]1. The van der Waals surface area contributed by atoms with Crippen LogP contribution < -0.4 is 10.9 Å². The highest BCUT2D eigenvalue weighted by Crippen LogP contribution is 2.28. The minimum Gasteiger partial charge on any atom is -0.448 e. The second kappa shape index (κ2) is 7.45. The topological polar surface area (TPSA) is 114 Å². The Morgan fingerprint density at radius 2 is 2.11 bits per heavy atom. The third-order valence-electron chi connectivity index (χ3n) is 3.77. The van der Waals surface area contributed by atoms with E-state index in [2.05, 4.69) is 20.3 Å². The van der Waals surface area contributed by atoms with Gasteiger partial charge in [-0.3, -0.25) is 9.59 Å². The van der Waals surface area contributed by atoms with Gasteiger partial charge >= 0.3 is 5.97 Å². The first kappa shape index (κ1) is 19.0. The number of ether oxygens (including phenoxy) is 1. The lowest BCUT2D eigenvalue weighted by Crippen LogP contribution is -2.30. The first-order chi connectivity index (χ1) is 12.8. The molecule has 3 aromatic heterocycles. The largest absolute Gasteiger partial charge is 0.448 e. The number of thiophene rings is 1. The molecule has 0 fully saturated rings. The van der Waals surface area contributed by atoms with Crippen molar-refractivity contribution in [1.29, 1.82) is 0 Å². The highest BCUT2D eigenvalue weighted by Gasteiger charge is 2.24. The molecule has 3 aromatic rings. The summed E-state index contributed by atoms with van der Waals surface area (Å²) in [6, 6.07) is 3.20. The number of hydrogen-bond donors (Lipinski definition) is 2. The minimum absolute atomic E-state index is 0.130. The Balaban J connectivity index is 1.79. The van der Waals surface area contributed by atoms with Crippen LogP contribution in [0.5, 0.6) is 0 Å². The highest BCUT2D eigenvalue weighted by molar-refractivity contribution is 7.20. The monoisotopic (exact) mass is 406 g/mol. The van der Waals surface area contributed by atoms with E-state index in [1.165, 1.54) is 13.1 Å². The fourth-order valence-electron chi connectivity index (χ4n) is 2.43. The van der Waals surface area contributed by atoms with E-state index in [1.54, 1.807) is 26.0 Å². The summed E-state index contributed by atoms with van der Waals surface area (Å²) in [6.45, 7) is 4.74. The molecule has 8 nitrogen and oxygen atoms in total. The molecule has 3 heterocycles. The predicted molar refractivity (Wildman–Crippen MR) is 102 cm³/mol. The number of carbonyl (C=O) groups excluding carboxylic acids is 2. The summed E-state index contributed by atoms with van der Waals surface area (Å²) >= 11 is 6.95. The number of hydrogen-bond acceptors (Lipinski definition) is 7. The zero-order valence-corrected chi connectivity index (χ0v) is 16.2. The number of nitrogens with one attached hydrogen (secondary N) is 2. The first-order valence-corrected chi connectivity index (χ1v) is 9.09. The molecule has 2 N–H and O–H groups in total. The van der Waals surface area contributed by atoms with E-state index in [4.69, 9.17) is 16.3 Å². The summed E-state index contributed by atoms with van der Waals surface area (Å²) in [5.74, 6) is -0.800. The highest BCUT2D eigenvalue weighted by atomic mass is 35.5. The summed E-state index contributed by atoms with van der Waals surface area (Å²) in [5.41, 5.74) is 0.468. The van der Waals surface area contributed by atoms with Gasteiger partial charge in [0.05, 0.1) is 11.1 Å². The van der Waals surface area contributed by atoms with Crippen molar-refractivity contribution >= 4 is 50.7 Å². The number of aromatic nitrogens is 3. The molecule has 0 saturated carbocycles. The van der Waals surface area contributed by atoms with Crippen molar-refractivity contribution in [3.05, 3.63) is 50.1 Å². The molecule has 3 rings (SSSR count). The van der Waals surface area contributed by atoms with Gasteiger partial charge in [-0.2, -0.15) is 0 Å². The van der Waals surface area contributed by atoms with Gasteiger partial charge in [0.1, 0.15) is 15.5 Å². The molecule has 0 bridgehead atoms. The van der Waals surface area contributed by atoms with E-state index in [0.29, 0.717) is 27.3 Å². The molecule has 0 aliphatic carbocycles. The predicted octanol–water partition coefficient (Wildman–Crippen LogP) is 2.83. The van der Waals surface area contributed by atoms with Gasteiger partial charge in [0.15, 0.2) is 11.3 Å². The van der Waals surface area contributed by atoms with Crippen LogP contribution in [0.25, 0.3) is 10.2 Å². The molecule has 1 atom stereocenters. The van der Waals surface area contributed by atoms with Crippen molar-refractivity contribution in [2.45, 2.75) is 26.9 Å². The van der Waals surface area contributed by atoms with Crippen molar-refractivity contribution in [2.24, 2.45) is 0 Å². The molecule has 1 amide bonds. The molecule has 27 heavy (non-hydrogen) atoms. The Morgan fingerprint density at radius 1 is 1.37 bits per heavy atom. The van der Waals surface area contributed by atoms with Crippen molar-refractivity contribution in [3.8, 4) is 0 Å². The van der Waals surface area contributed by atoms with Crippen molar-refractivity contribution in [1.82, 2.24) is 15.0 Å². The van der Waals surface area contributed by atoms with Crippen LogP contribution in [-0.2, 0) is 9.53 Å². The second-order valence-corrected chi connectivity index (χ2v) is 7.12. The van der Waals surface area contributed by atoms with Crippen molar-refractivity contribution in [3.63, 3.8) is 0 Å². The molecular weight excluding hydrogens is 392 g/mol. The molecule has 0 aliphatic rings. The summed E-state index contributed by atoms with van der Waals surface area (Å²) in [4.78, 5) is 48.2. The Morgan fingerprint density at radius 3 is 2.81 bits per heavy atom. The molecule has 10 heteroatoms. The maximum atomic E-state index is 12.5. The number of aromatic amines is 1. The van der Waals surface area contributed by atoms with Gasteiger partial charge in [-0.1, -0.05) is 11.6 Å². The second-order valence-electron chi connectivity index (χ2n) is 5.77. The number of H-pyrrole nitrogens is 1. The minimum atomic E-state index is -1.08. The average molecular weight is 407 g/mol. The quantitative estimate of drug-likeness (QED) is 0.508. The van der Waals surface area contributed by atoms with Gasteiger partial charge < -0.3 is 15.0 Å². The van der Waals surface area contributed by atoms with Crippen LogP contribution in [0.1, 0.15) is 28.0 Å². The van der Waals surface area contributed by atoms with Gasteiger partial charge in [-0.05, 0) is 38.5 Å². The van der Waals surface area contributed by atoms with Gasteiger partial charge in [-0.15, -0.1) is 11.3 Å². The van der Waals surface area contributed by atoms with E-state index >= 15 is 0 Å². The Labute approximate surface area is 162 Å². The van der Waals surface area contributed by atoms with E-state index in [1.807, 2.05) is 0 Å². The summed E-state index contributed by atoms with van der Waals surface area (Å²) in [5, 5.41) is 3.02. The number of amides is 1. The van der Waals surface area contributed by atoms with E-state index in [9.17, 15) is 14.4 Å². The number of rotatable bonds is 4. The molecular formula is C17H15ClN4O4S. The molecule has 0 radical (unpaired) electrons. The maximum absolute atomic E-state index is 12.5. The van der Waals surface area contributed by atoms with Gasteiger partial charge in [0.2, 0.25) is 0 Å². The Bertz CT molecular complexity index is 1110. The zero-order valence-electron chi connectivity index (χ0n) is 14.6. The summed E-state index contributed by atoms with van der Waals surface area (Å²) in [6.07, 6.45) is 0.412. The Kier molecular flexibility index (Phi) is 5.24. The van der Waals surface area contributed by atoms with Gasteiger partial charge in [-0.25, -0.2) is 14.8 Å². The van der Waals surface area contributed by atoms with Crippen LogP contribution in [0.4, 0.5) is 5.69 Å². The van der Waals surface area contributed by atoms with Crippen LogP contribution in [0.15, 0.2) is 23.1 Å². The van der Waals surface area contributed by atoms with E-state index in [0.717, 1.165) is 11.3 Å². The lowest BCUT2D eigenvalue weighted by Gasteiger charge is -2.13. The molecule has 0 unspecified atom stereocenters. The van der Waals surface area contributed by atoms with Gasteiger partial charge in [0, 0.05) is 6.20 Å². The fraction of sp³-hybridized carbons (Fsp3) is 0.235. The number of fused-ring (bicyclic) bond motifs is 1. The van der Waals surface area contributed by atoms with Gasteiger partial charge in [0.25, 0.3) is 11.5 Å². The number of esters is 1. The average Bonchev–Trinajstić information content (AvgIpc) is 2.93. The third-order valence-corrected chi connectivity index (χ3v) is 5.24. The van der Waals surface area contributed by atoms with Crippen LogP contribution in [0.3, 0.4) is 0 Å². The third kappa shape index (κ3) is 3.83. The Hall–Kier alpha value is -2.78. The van der Waals surface area contributed by atoms with Crippen molar-refractivity contribution in [2.75, 3.05) is 5.32 Å². The van der Waals surface area contributed by atoms with Crippen LogP contribution in [-0.4, -0.2) is 32.9 Å². The number of halogens is 1. The molecule has 140 valence electrons. The standard InChI is InChI=1S/C17H15ClN4O4S/c1-7-11-15(24)20-9(3)21-16(11)27-12(7)17(25)26-8(2)14(23)22-10-5-4-6-19-13(10)18/h4-6,8H,1-3H3,(H,22,23)(H,20,21,24)/t8-/m0/s1. The van der Waals surface area contributed by atoms with E-state index < -0.39 is 18.0 Å². The van der Waals surface area contributed by atoms with E-state index in [-0.39, 0.29) is 15.6 Å².